The fourth-order valence-electron chi connectivity index (χ4n) is 1.01. The number of esters is 1. The van der Waals surface area contributed by atoms with Crippen LogP contribution in [0.4, 0.5) is 0 Å². The van der Waals surface area contributed by atoms with Crippen LogP contribution < -0.4 is 0 Å². The number of nitrogens with zero attached hydrogens (tertiary/aromatic N) is 1. The summed E-state index contributed by atoms with van der Waals surface area (Å²) in [5, 5.41) is 0. The van der Waals surface area contributed by atoms with Crippen LogP contribution in [0.15, 0.2) is 12.3 Å². The van der Waals surface area contributed by atoms with E-state index in [1.165, 1.54) is 7.11 Å². The highest BCUT2D eigenvalue weighted by Gasteiger charge is 2.10. The number of hydrogen-bond donors (Lipinski definition) is 0. The first-order chi connectivity index (χ1) is 5.69. The molecule has 0 spiro atoms. The van der Waals surface area contributed by atoms with Crippen molar-refractivity contribution in [2.45, 2.75) is 5.88 Å². The first-order valence-corrected chi connectivity index (χ1v) is 4.02. The topological polar surface area (TPSA) is 31.2 Å². The summed E-state index contributed by atoms with van der Waals surface area (Å²) in [6, 6.07) is 1.72. The van der Waals surface area contributed by atoms with Crippen molar-refractivity contribution >= 4 is 17.6 Å². The van der Waals surface area contributed by atoms with Gasteiger partial charge in [-0.25, -0.2) is 4.79 Å². The smallest absolute Gasteiger partial charge is 0.354 e. The average Bonchev–Trinajstić information content (AvgIpc) is 2.45. The van der Waals surface area contributed by atoms with Gasteiger partial charge in [0.25, 0.3) is 0 Å². The van der Waals surface area contributed by atoms with E-state index in [4.69, 9.17) is 11.6 Å². The molecule has 0 fully saturated rings. The molecule has 0 aliphatic rings. The standard InChI is InChI=1S/C8H10ClNO2/c1-10-5-6(4-9)3-7(10)8(11)12-2/h3,5H,4H2,1-2H3. The number of aromatic nitrogens is 1. The summed E-state index contributed by atoms with van der Waals surface area (Å²) < 4.78 is 6.27. The number of aryl methyl sites for hydroxylation is 1. The second kappa shape index (κ2) is 3.63. The van der Waals surface area contributed by atoms with Crippen LogP contribution in [-0.4, -0.2) is 17.6 Å². The molecule has 12 heavy (non-hydrogen) atoms. The van der Waals surface area contributed by atoms with E-state index in [0.717, 1.165) is 5.56 Å². The number of halogens is 1. The van der Waals surface area contributed by atoms with Crippen molar-refractivity contribution in [3.8, 4) is 0 Å². The molecule has 0 unspecified atom stereocenters. The van der Waals surface area contributed by atoms with Crippen LogP contribution in [0.3, 0.4) is 0 Å². The van der Waals surface area contributed by atoms with E-state index in [0.29, 0.717) is 11.6 Å². The van der Waals surface area contributed by atoms with Gasteiger partial charge in [0.05, 0.1) is 7.11 Å². The van der Waals surface area contributed by atoms with Gasteiger partial charge in [-0.3, -0.25) is 0 Å². The zero-order chi connectivity index (χ0) is 9.14. The molecule has 0 aromatic carbocycles. The minimum absolute atomic E-state index is 0.339. The molecular formula is C8H10ClNO2. The summed E-state index contributed by atoms with van der Waals surface area (Å²) >= 11 is 5.59. The Labute approximate surface area is 75.9 Å². The van der Waals surface area contributed by atoms with Crippen molar-refractivity contribution in [3.63, 3.8) is 0 Å². The van der Waals surface area contributed by atoms with Gasteiger partial charge in [-0.2, -0.15) is 0 Å². The molecule has 1 aromatic rings. The maximum Gasteiger partial charge on any atom is 0.354 e. The van der Waals surface area contributed by atoms with E-state index in [2.05, 4.69) is 4.74 Å². The summed E-state index contributed by atoms with van der Waals surface area (Å²) in [6.07, 6.45) is 1.80. The molecule has 0 amide bonds. The van der Waals surface area contributed by atoms with Crippen LogP contribution in [-0.2, 0) is 17.7 Å². The predicted octanol–water partition coefficient (Wildman–Crippen LogP) is 1.55. The minimum atomic E-state index is -0.339. The largest absolute Gasteiger partial charge is 0.464 e. The summed E-state index contributed by atoms with van der Waals surface area (Å²) in [7, 11) is 3.14. The Morgan fingerprint density at radius 1 is 1.75 bits per heavy atom. The highest BCUT2D eigenvalue weighted by molar-refractivity contribution is 6.17. The SMILES string of the molecule is COC(=O)c1cc(CCl)cn1C. The maximum atomic E-state index is 11.1. The molecule has 4 heteroatoms. The van der Waals surface area contributed by atoms with E-state index in [1.54, 1.807) is 23.9 Å². The number of alkyl halides is 1. The third-order valence-electron chi connectivity index (χ3n) is 1.61. The van der Waals surface area contributed by atoms with E-state index < -0.39 is 0 Å². The number of methoxy groups -OCH3 is 1. The Kier molecular flexibility index (Phi) is 2.76. The number of hydrogen-bond acceptors (Lipinski definition) is 2. The molecule has 0 bridgehead atoms. The lowest BCUT2D eigenvalue weighted by molar-refractivity contribution is 0.0590. The Morgan fingerprint density at radius 3 is 2.83 bits per heavy atom. The van der Waals surface area contributed by atoms with Crippen molar-refractivity contribution in [3.05, 3.63) is 23.5 Å². The minimum Gasteiger partial charge on any atom is -0.464 e. The fourth-order valence-corrected chi connectivity index (χ4v) is 1.16. The molecule has 0 N–H and O–H groups in total. The van der Waals surface area contributed by atoms with Gasteiger partial charge in [0.2, 0.25) is 0 Å². The molecule has 66 valence electrons. The lowest BCUT2D eigenvalue weighted by Gasteiger charge is -1.98. The molecule has 0 aliphatic heterocycles. The number of carbonyl (C=O) groups is 1. The second-order valence-corrected chi connectivity index (χ2v) is 2.74. The Bertz CT molecular complexity index is 293. The Morgan fingerprint density at radius 2 is 2.42 bits per heavy atom. The third-order valence-corrected chi connectivity index (χ3v) is 1.92. The van der Waals surface area contributed by atoms with Gasteiger partial charge in [-0.1, -0.05) is 0 Å². The summed E-state index contributed by atoms with van der Waals surface area (Å²) in [6.45, 7) is 0. The van der Waals surface area contributed by atoms with Crippen molar-refractivity contribution in [2.75, 3.05) is 7.11 Å². The molecule has 0 aliphatic carbocycles. The summed E-state index contributed by atoms with van der Waals surface area (Å²) in [5.41, 5.74) is 1.44. The second-order valence-electron chi connectivity index (χ2n) is 2.47. The van der Waals surface area contributed by atoms with Crippen LogP contribution in [0.2, 0.25) is 0 Å². The number of carbonyl (C=O) groups excluding carboxylic acids is 1. The first kappa shape index (κ1) is 9.13. The molecular weight excluding hydrogens is 178 g/mol. The molecule has 3 nitrogen and oxygen atoms in total. The molecule has 1 aromatic heterocycles. The first-order valence-electron chi connectivity index (χ1n) is 3.48. The normalized spacial score (nSPS) is 9.92. The van der Waals surface area contributed by atoms with Crippen molar-refractivity contribution in [2.24, 2.45) is 7.05 Å². The Hall–Kier alpha value is -0.960. The van der Waals surface area contributed by atoms with Crippen molar-refractivity contribution in [1.82, 2.24) is 4.57 Å². The van der Waals surface area contributed by atoms with Crippen LogP contribution in [0.25, 0.3) is 0 Å². The molecule has 0 radical (unpaired) electrons. The van der Waals surface area contributed by atoms with Gasteiger partial charge in [-0.15, -0.1) is 11.6 Å². The molecule has 1 heterocycles. The maximum absolute atomic E-state index is 11.1. The van der Waals surface area contributed by atoms with Crippen LogP contribution >= 0.6 is 11.6 Å². The lowest BCUT2D eigenvalue weighted by Crippen LogP contribution is -2.06. The number of rotatable bonds is 2. The molecule has 1 rings (SSSR count). The zero-order valence-electron chi connectivity index (χ0n) is 7.00. The highest BCUT2D eigenvalue weighted by atomic mass is 35.5. The molecule has 0 saturated heterocycles. The van der Waals surface area contributed by atoms with E-state index in [-0.39, 0.29) is 5.97 Å². The van der Waals surface area contributed by atoms with Crippen LogP contribution in [0, 0.1) is 0 Å². The quantitative estimate of drug-likeness (QED) is 0.520. The lowest BCUT2D eigenvalue weighted by atomic mass is 10.3. The third kappa shape index (κ3) is 1.61. The van der Waals surface area contributed by atoms with Crippen molar-refractivity contribution in [1.29, 1.82) is 0 Å². The average molecular weight is 188 g/mol. The predicted molar refractivity (Wildman–Crippen MR) is 46.3 cm³/mol. The van der Waals surface area contributed by atoms with Crippen LogP contribution in [0.1, 0.15) is 16.1 Å². The monoisotopic (exact) mass is 187 g/mol. The summed E-state index contributed by atoms with van der Waals surface area (Å²) in [5.74, 6) is 0.0686. The molecule has 0 atom stereocenters. The van der Waals surface area contributed by atoms with E-state index in [1.807, 2.05) is 0 Å². The Balaban J connectivity index is 2.99. The zero-order valence-corrected chi connectivity index (χ0v) is 7.76. The summed E-state index contributed by atoms with van der Waals surface area (Å²) in [4.78, 5) is 11.1. The van der Waals surface area contributed by atoms with Gasteiger partial charge >= 0.3 is 5.97 Å². The van der Waals surface area contributed by atoms with Gasteiger partial charge in [0, 0.05) is 19.1 Å². The van der Waals surface area contributed by atoms with Gasteiger partial charge < -0.3 is 9.30 Å². The van der Waals surface area contributed by atoms with Gasteiger partial charge in [0.15, 0.2) is 0 Å². The molecule has 0 saturated carbocycles. The number of ether oxygens (including phenoxy) is 1. The van der Waals surface area contributed by atoms with Gasteiger partial charge in [-0.05, 0) is 11.6 Å². The van der Waals surface area contributed by atoms with Crippen LogP contribution in [0.5, 0.6) is 0 Å². The fraction of sp³-hybridized carbons (Fsp3) is 0.375. The van der Waals surface area contributed by atoms with Gasteiger partial charge in [0.1, 0.15) is 5.69 Å². The van der Waals surface area contributed by atoms with E-state index in [9.17, 15) is 4.79 Å². The van der Waals surface area contributed by atoms with E-state index >= 15 is 0 Å². The highest BCUT2D eigenvalue weighted by Crippen LogP contribution is 2.10. The van der Waals surface area contributed by atoms with Crippen molar-refractivity contribution < 1.29 is 9.53 Å².